The molecule has 6 heteroatoms. The number of ether oxygens (including phenoxy) is 1. The van der Waals surface area contributed by atoms with Crippen LogP contribution in [0.4, 0.5) is 5.69 Å². The quantitative estimate of drug-likeness (QED) is 0.841. The van der Waals surface area contributed by atoms with Gasteiger partial charge in [-0.3, -0.25) is 14.6 Å². The molecule has 4 heterocycles. The standard InChI is InChI=1S/C21H19N3O3/c25-19(23-12-14-7-10-22-11-8-14)17-16-6-9-21(27-16)13-24(20(26)18(17)21)15-4-2-1-3-5-15/h1-11,16-18H,12-13H2,(H,23,25)/t16-,17+,18+,21+/m1/s1. The molecule has 5 rings (SSSR count). The molecule has 4 atom stereocenters. The van der Waals surface area contributed by atoms with Crippen LogP contribution in [0.25, 0.3) is 0 Å². The Balaban J connectivity index is 1.38. The monoisotopic (exact) mass is 361 g/mol. The van der Waals surface area contributed by atoms with Gasteiger partial charge in [0.2, 0.25) is 11.8 Å². The summed E-state index contributed by atoms with van der Waals surface area (Å²) in [5, 5.41) is 2.96. The zero-order valence-corrected chi connectivity index (χ0v) is 14.6. The second-order valence-electron chi connectivity index (χ2n) is 7.23. The average Bonchev–Trinajstić information content (AvgIpc) is 3.36. The van der Waals surface area contributed by atoms with Crippen LogP contribution in [0.1, 0.15) is 5.56 Å². The summed E-state index contributed by atoms with van der Waals surface area (Å²) in [4.78, 5) is 31.8. The SMILES string of the molecule is O=C(NCc1ccncc1)[C@@H]1[C@H]2C(=O)N(c3ccccc3)C[C@@]23C=C[C@H]1O3. The van der Waals surface area contributed by atoms with Gasteiger partial charge in [0.15, 0.2) is 0 Å². The van der Waals surface area contributed by atoms with E-state index in [-0.39, 0.29) is 17.9 Å². The number of carbonyl (C=O) groups excluding carboxylic acids is 2. The molecule has 1 aromatic carbocycles. The van der Waals surface area contributed by atoms with E-state index < -0.39 is 17.4 Å². The summed E-state index contributed by atoms with van der Waals surface area (Å²) < 4.78 is 6.15. The zero-order valence-electron chi connectivity index (χ0n) is 14.6. The molecule has 2 amide bonds. The number of hydrogen-bond donors (Lipinski definition) is 1. The van der Waals surface area contributed by atoms with Gasteiger partial charge < -0.3 is 15.0 Å². The highest BCUT2D eigenvalue weighted by molar-refractivity contribution is 6.03. The predicted octanol–water partition coefficient (Wildman–Crippen LogP) is 1.68. The van der Waals surface area contributed by atoms with Crippen molar-refractivity contribution < 1.29 is 14.3 Å². The fourth-order valence-corrected chi connectivity index (χ4v) is 4.43. The van der Waals surface area contributed by atoms with Crippen molar-refractivity contribution >= 4 is 17.5 Å². The number of nitrogens with zero attached hydrogens (tertiary/aromatic N) is 2. The van der Waals surface area contributed by atoms with Gasteiger partial charge in [-0.15, -0.1) is 0 Å². The number of nitrogens with one attached hydrogen (secondary N) is 1. The summed E-state index contributed by atoms with van der Waals surface area (Å²) in [5.74, 6) is -1.17. The summed E-state index contributed by atoms with van der Waals surface area (Å²) in [6.07, 6.45) is 6.94. The number of para-hydroxylation sites is 1. The Bertz CT molecular complexity index is 915. The van der Waals surface area contributed by atoms with Crippen LogP contribution in [0, 0.1) is 11.8 Å². The zero-order chi connectivity index (χ0) is 18.4. The van der Waals surface area contributed by atoms with Crippen LogP contribution >= 0.6 is 0 Å². The maximum Gasteiger partial charge on any atom is 0.234 e. The fourth-order valence-electron chi connectivity index (χ4n) is 4.43. The number of amides is 2. The molecule has 2 bridgehead atoms. The minimum absolute atomic E-state index is 0.0443. The number of benzene rings is 1. The Morgan fingerprint density at radius 2 is 2.00 bits per heavy atom. The van der Waals surface area contributed by atoms with Crippen molar-refractivity contribution in [2.24, 2.45) is 11.8 Å². The molecule has 2 saturated heterocycles. The summed E-state index contributed by atoms with van der Waals surface area (Å²) in [6, 6.07) is 13.3. The van der Waals surface area contributed by atoms with Crippen molar-refractivity contribution in [2.75, 3.05) is 11.4 Å². The van der Waals surface area contributed by atoms with Gasteiger partial charge in [-0.1, -0.05) is 30.4 Å². The smallest absolute Gasteiger partial charge is 0.234 e. The van der Waals surface area contributed by atoms with E-state index >= 15 is 0 Å². The summed E-state index contributed by atoms with van der Waals surface area (Å²) in [6.45, 7) is 0.853. The first-order chi connectivity index (χ1) is 13.2. The molecular formula is C21H19N3O3. The minimum Gasteiger partial charge on any atom is -0.360 e. The van der Waals surface area contributed by atoms with Gasteiger partial charge in [0.05, 0.1) is 24.5 Å². The molecule has 0 saturated carbocycles. The highest BCUT2D eigenvalue weighted by atomic mass is 16.5. The second kappa shape index (κ2) is 6.03. The number of rotatable bonds is 4. The summed E-state index contributed by atoms with van der Waals surface area (Å²) in [5.41, 5.74) is 1.11. The number of pyridine rings is 1. The minimum atomic E-state index is -0.698. The third-order valence-corrected chi connectivity index (χ3v) is 5.69. The van der Waals surface area contributed by atoms with Crippen molar-refractivity contribution in [3.63, 3.8) is 0 Å². The lowest BCUT2D eigenvalue weighted by Crippen LogP contribution is -2.43. The van der Waals surface area contributed by atoms with E-state index in [1.807, 2.05) is 54.6 Å². The van der Waals surface area contributed by atoms with Gasteiger partial charge in [-0.05, 0) is 29.8 Å². The Kier molecular flexibility index (Phi) is 3.62. The molecule has 27 heavy (non-hydrogen) atoms. The third kappa shape index (κ3) is 2.48. The lowest BCUT2D eigenvalue weighted by atomic mass is 9.77. The predicted molar refractivity (Wildman–Crippen MR) is 98.6 cm³/mol. The van der Waals surface area contributed by atoms with Crippen molar-refractivity contribution in [1.82, 2.24) is 10.3 Å². The normalized spacial score (nSPS) is 30.6. The van der Waals surface area contributed by atoms with Crippen LogP contribution in [0.5, 0.6) is 0 Å². The Morgan fingerprint density at radius 1 is 1.22 bits per heavy atom. The van der Waals surface area contributed by atoms with Crippen LogP contribution in [0.2, 0.25) is 0 Å². The highest BCUT2D eigenvalue weighted by Gasteiger charge is 2.66. The van der Waals surface area contributed by atoms with E-state index in [0.29, 0.717) is 13.1 Å². The Labute approximate surface area is 156 Å². The van der Waals surface area contributed by atoms with Crippen molar-refractivity contribution in [3.8, 4) is 0 Å². The molecular weight excluding hydrogens is 342 g/mol. The molecule has 3 aliphatic heterocycles. The van der Waals surface area contributed by atoms with Crippen LogP contribution in [-0.4, -0.2) is 35.0 Å². The maximum absolute atomic E-state index is 13.2. The van der Waals surface area contributed by atoms with Crippen molar-refractivity contribution in [3.05, 3.63) is 72.6 Å². The average molecular weight is 361 g/mol. The number of anilines is 1. The number of aromatic nitrogens is 1. The first-order valence-electron chi connectivity index (χ1n) is 9.08. The van der Waals surface area contributed by atoms with Gasteiger partial charge in [-0.25, -0.2) is 0 Å². The van der Waals surface area contributed by atoms with Crippen LogP contribution in [0.3, 0.4) is 0 Å². The number of carbonyl (C=O) groups is 2. The van der Waals surface area contributed by atoms with Gasteiger partial charge in [-0.2, -0.15) is 0 Å². The largest absolute Gasteiger partial charge is 0.360 e. The van der Waals surface area contributed by atoms with E-state index in [9.17, 15) is 9.59 Å². The summed E-state index contributed by atoms with van der Waals surface area (Å²) >= 11 is 0. The molecule has 0 unspecified atom stereocenters. The molecule has 3 aliphatic rings. The van der Waals surface area contributed by atoms with Crippen LogP contribution in [-0.2, 0) is 20.9 Å². The Hall–Kier alpha value is -2.99. The second-order valence-corrected chi connectivity index (χ2v) is 7.23. The molecule has 1 N–H and O–H groups in total. The van der Waals surface area contributed by atoms with E-state index in [1.54, 1.807) is 17.3 Å². The lowest BCUT2D eigenvalue weighted by Gasteiger charge is -2.23. The molecule has 0 aliphatic carbocycles. The van der Waals surface area contributed by atoms with Gasteiger partial charge in [0.1, 0.15) is 5.60 Å². The highest BCUT2D eigenvalue weighted by Crippen LogP contribution is 2.52. The molecule has 0 radical (unpaired) electrons. The molecule has 2 fully saturated rings. The van der Waals surface area contributed by atoms with Crippen LogP contribution < -0.4 is 10.2 Å². The first-order valence-corrected chi connectivity index (χ1v) is 9.08. The molecule has 136 valence electrons. The van der Waals surface area contributed by atoms with E-state index in [2.05, 4.69) is 10.3 Å². The molecule has 1 spiro atoms. The fraction of sp³-hybridized carbons (Fsp3) is 0.286. The number of fused-ring (bicyclic) bond motifs is 1. The molecule has 1 aromatic heterocycles. The summed E-state index contributed by atoms with van der Waals surface area (Å²) in [7, 11) is 0. The van der Waals surface area contributed by atoms with Crippen LogP contribution in [0.15, 0.2) is 67.0 Å². The number of hydrogen-bond acceptors (Lipinski definition) is 4. The lowest BCUT2D eigenvalue weighted by molar-refractivity contribution is -0.132. The van der Waals surface area contributed by atoms with Crippen molar-refractivity contribution in [1.29, 1.82) is 0 Å². The third-order valence-electron chi connectivity index (χ3n) is 5.69. The van der Waals surface area contributed by atoms with Crippen molar-refractivity contribution in [2.45, 2.75) is 18.2 Å². The van der Waals surface area contributed by atoms with Gasteiger partial charge in [0.25, 0.3) is 0 Å². The molecule has 2 aromatic rings. The Morgan fingerprint density at radius 3 is 2.78 bits per heavy atom. The van der Waals surface area contributed by atoms with E-state index in [4.69, 9.17) is 4.74 Å². The van der Waals surface area contributed by atoms with E-state index in [1.165, 1.54) is 0 Å². The van der Waals surface area contributed by atoms with E-state index in [0.717, 1.165) is 11.3 Å². The first kappa shape index (κ1) is 16.2. The maximum atomic E-state index is 13.2. The topological polar surface area (TPSA) is 71.5 Å². The van der Waals surface area contributed by atoms with Gasteiger partial charge in [0, 0.05) is 24.6 Å². The van der Waals surface area contributed by atoms with Gasteiger partial charge >= 0.3 is 0 Å². The molecule has 6 nitrogen and oxygen atoms in total.